The summed E-state index contributed by atoms with van der Waals surface area (Å²) >= 11 is 6.08. The summed E-state index contributed by atoms with van der Waals surface area (Å²) in [6.07, 6.45) is 3.58. The lowest BCUT2D eigenvalue weighted by atomic mass is 9.92. The fourth-order valence-electron chi connectivity index (χ4n) is 3.12. The Morgan fingerprint density at radius 2 is 2.13 bits per heavy atom. The summed E-state index contributed by atoms with van der Waals surface area (Å²) in [5.41, 5.74) is 1.45. The van der Waals surface area contributed by atoms with Gasteiger partial charge in [0.25, 0.3) is 0 Å². The molecule has 1 atom stereocenters. The maximum atomic E-state index is 12.5. The number of benzene rings is 1. The van der Waals surface area contributed by atoms with Crippen molar-refractivity contribution in [2.24, 2.45) is 5.92 Å². The normalized spacial score (nSPS) is 21.3. The first-order valence-electron chi connectivity index (χ1n) is 7.94. The Morgan fingerprint density at radius 3 is 2.74 bits per heavy atom. The minimum Gasteiger partial charge on any atom is -0.495 e. The summed E-state index contributed by atoms with van der Waals surface area (Å²) in [6.45, 7) is 2.39. The van der Waals surface area contributed by atoms with Crippen LogP contribution in [0.5, 0.6) is 5.75 Å². The monoisotopic (exact) mass is 336 g/mol. The Balaban J connectivity index is 1.70. The number of carbonyl (C=O) groups excluding carboxylic acids is 2. The highest BCUT2D eigenvalue weighted by Crippen LogP contribution is 2.33. The van der Waals surface area contributed by atoms with Gasteiger partial charge < -0.3 is 15.0 Å². The van der Waals surface area contributed by atoms with E-state index in [1.165, 1.54) is 13.5 Å². The molecule has 3 rings (SSSR count). The van der Waals surface area contributed by atoms with Crippen LogP contribution in [0.3, 0.4) is 0 Å². The molecule has 2 aliphatic rings. The molecule has 6 heteroatoms. The molecule has 1 N–H and O–H groups in total. The molecule has 0 aromatic heterocycles. The molecule has 0 radical (unpaired) electrons. The number of ether oxygens (including phenoxy) is 1. The van der Waals surface area contributed by atoms with Gasteiger partial charge in [-0.05, 0) is 37.8 Å². The maximum absolute atomic E-state index is 12.5. The zero-order valence-corrected chi connectivity index (χ0v) is 14.2. The molecule has 1 saturated carbocycles. The number of anilines is 1. The first kappa shape index (κ1) is 16.1. The average Bonchev–Trinajstić information content (AvgIpc) is 2.83. The molecule has 1 saturated heterocycles. The smallest absolute Gasteiger partial charge is 0.229 e. The van der Waals surface area contributed by atoms with Crippen molar-refractivity contribution in [2.75, 3.05) is 19.0 Å². The quantitative estimate of drug-likeness (QED) is 0.919. The summed E-state index contributed by atoms with van der Waals surface area (Å²) in [6, 6.07) is 3.82. The van der Waals surface area contributed by atoms with E-state index < -0.39 is 0 Å². The lowest BCUT2D eigenvalue weighted by Crippen LogP contribution is -2.41. The number of amides is 2. The molecule has 0 bridgehead atoms. The molecule has 23 heavy (non-hydrogen) atoms. The molecule has 5 nitrogen and oxygen atoms in total. The van der Waals surface area contributed by atoms with Crippen LogP contribution >= 0.6 is 11.6 Å². The standard InChI is InChI=1S/C17H21ClN2O3/c1-10-6-14(15(23-2)8-13(10)18)19-17(22)11-7-16(21)20(9-11)12-4-3-5-12/h6,8,11-12H,3-5,7,9H2,1-2H3,(H,19,22). The lowest BCUT2D eigenvalue weighted by Gasteiger charge is -2.34. The predicted molar refractivity (Wildman–Crippen MR) is 88.8 cm³/mol. The Bertz CT molecular complexity index is 643. The largest absolute Gasteiger partial charge is 0.495 e. The van der Waals surface area contributed by atoms with E-state index in [4.69, 9.17) is 16.3 Å². The van der Waals surface area contributed by atoms with Crippen LogP contribution in [0.15, 0.2) is 12.1 Å². The Kier molecular flexibility index (Phi) is 4.48. The molecule has 2 amide bonds. The van der Waals surface area contributed by atoms with Gasteiger partial charge in [0.2, 0.25) is 11.8 Å². The van der Waals surface area contributed by atoms with Gasteiger partial charge in [-0.3, -0.25) is 9.59 Å². The summed E-state index contributed by atoms with van der Waals surface area (Å²) < 4.78 is 5.28. The van der Waals surface area contributed by atoms with Crippen molar-refractivity contribution in [2.45, 2.75) is 38.6 Å². The van der Waals surface area contributed by atoms with Gasteiger partial charge in [-0.25, -0.2) is 0 Å². The number of methoxy groups -OCH3 is 1. The van der Waals surface area contributed by atoms with Gasteiger partial charge in [-0.2, -0.15) is 0 Å². The molecule has 2 fully saturated rings. The third-order valence-electron chi connectivity index (χ3n) is 4.78. The Hall–Kier alpha value is -1.75. The number of aryl methyl sites for hydroxylation is 1. The summed E-state index contributed by atoms with van der Waals surface area (Å²) in [7, 11) is 1.54. The average molecular weight is 337 g/mol. The van der Waals surface area contributed by atoms with E-state index in [0.717, 1.165) is 18.4 Å². The Morgan fingerprint density at radius 1 is 1.39 bits per heavy atom. The number of hydrogen-bond acceptors (Lipinski definition) is 3. The van der Waals surface area contributed by atoms with Crippen LogP contribution in [0.4, 0.5) is 5.69 Å². The van der Waals surface area contributed by atoms with Crippen molar-refractivity contribution < 1.29 is 14.3 Å². The molecule has 124 valence electrons. The fourth-order valence-corrected chi connectivity index (χ4v) is 3.28. The van der Waals surface area contributed by atoms with E-state index in [-0.39, 0.29) is 24.2 Å². The highest BCUT2D eigenvalue weighted by Gasteiger charge is 2.39. The molecule has 1 aliphatic heterocycles. The zero-order valence-electron chi connectivity index (χ0n) is 13.4. The molecule has 0 spiro atoms. The van der Waals surface area contributed by atoms with Crippen LogP contribution in [0.2, 0.25) is 5.02 Å². The van der Waals surface area contributed by atoms with Crippen molar-refractivity contribution in [3.63, 3.8) is 0 Å². The van der Waals surface area contributed by atoms with Gasteiger partial charge in [-0.1, -0.05) is 11.6 Å². The van der Waals surface area contributed by atoms with Gasteiger partial charge in [0.15, 0.2) is 0 Å². The van der Waals surface area contributed by atoms with Gasteiger partial charge in [0.05, 0.1) is 18.7 Å². The van der Waals surface area contributed by atoms with Gasteiger partial charge in [0.1, 0.15) is 5.75 Å². The number of hydrogen-bond donors (Lipinski definition) is 1. The topological polar surface area (TPSA) is 58.6 Å². The minimum atomic E-state index is -0.302. The highest BCUT2D eigenvalue weighted by atomic mass is 35.5. The number of carbonyl (C=O) groups is 2. The van der Waals surface area contributed by atoms with E-state index in [0.29, 0.717) is 29.0 Å². The van der Waals surface area contributed by atoms with E-state index in [9.17, 15) is 9.59 Å². The number of likely N-dealkylation sites (tertiary alicyclic amines) is 1. The van der Waals surface area contributed by atoms with Crippen molar-refractivity contribution in [3.05, 3.63) is 22.7 Å². The molecular formula is C17H21ClN2O3. The second kappa shape index (κ2) is 6.40. The first-order valence-corrected chi connectivity index (χ1v) is 8.32. The third-order valence-corrected chi connectivity index (χ3v) is 5.19. The van der Waals surface area contributed by atoms with Crippen molar-refractivity contribution >= 4 is 29.1 Å². The molecule has 1 aliphatic carbocycles. The summed E-state index contributed by atoms with van der Waals surface area (Å²) in [5, 5.41) is 3.48. The van der Waals surface area contributed by atoms with Crippen LogP contribution in [0.25, 0.3) is 0 Å². The third kappa shape index (κ3) is 3.15. The highest BCUT2D eigenvalue weighted by molar-refractivity contribution is 6.31. The molecule has 1 aromatic carbocycles. The van der Waals surface area contributed by atoms with E-state index in [2.05, 4.69) is 5.32 Å². The van der Waals surface area contributed by atoms with E-state index in [1.807, 2.05) is 11.8 Å². The zero-order chi connectivity index (χ0) is 16.6. The fraction of sp³-hybridized carbons (Fsp3) is 0.529. The summed E-state index contributed by atoms with van der Waals surface area (Å²) in [5.74, 6) is 0.173. The second-order valence-electron chi connectivity index (χ2n) is 6.32. The number of halogens is 1. The minimum absolute atomic E-state index is 0.0918. The number of nitrogens with zero attached hydrogens (tertiary/aromatic N) is 1. The summed E-state index contributed by atoms with van der Waals surface area (Å²) in [4.78, 5) is 26.5. The van der Waals surface area contributed by atoms with Crippen LogP contribution in [0.1, 0.15) is 31.2 Å². The van der Waals surface area contributed by atoms with E-state index >= 15 is 0 Å². The number of rotatable bonds is 4. The molecule has 1 unspecified atom stereocenters. The second-order valence-corrected chi connectivity index (χ2v) is 6.73. The predicted octanol–water partition coefficient (Wildman–Crippen LogP) is 3.00. The Labute approximate surface area is 140 Å². The van der Waals surface area contributed by atoms with Crippen LogP contribution < -0.4 is 10.1 Å². The molecule has 1 heterocycles. The van der Waals surface area contributed by atoms with Gasteiger partial charge >= 0.3 is 0 Å². The lowest BCUT2D eigenvalue weighted by molar-refractivity contribution is -0.131. The molecule has 1 aromatic rings. The van der Waals surface area contributed by atoms with E-state index in [1.54, 1.807) is 12.1 Å². The van der Waals surface area contributed by atoms with Crippen LogP contribution in [-0.2, 0) is 9.59 Å². The SMILES string of the molecule is COc1cc(Cl)c(C)cc1NC(=O)C1CC(=O)N(C2CCC2)C1. The van der Waals surface area contributed by atoms with Crippen molar-refractivity contribution in [1.82, 2.24) is 4.90 Å². The first-order chi connectivity index (χ1) is 11.0. The van der Waals surface area contributed by atoms with Gasteiger partial charge in [0, 0.05) is 30.1 Å². The molecular weight excluding hydrogens is 316 g/mol. The van der Waals surface area contributed by atoms with Gasteiger partial charge in [-0.15, -0.1) is 0 Å². The maximum Gasteiger partial charge on any atom is 0.229 e. The van der Waals surface area contributed by atoms with Crippen molar-refractivity contribution in [3.8, 4) is 5.75 Å². The van der Waals surface area contributed by atoms with Crippen LogP contribution in [-0.4, -0.2) is 36.4 Å². The van der Waals surface area contributed by atoms with Crippen molar-refractivity contribution in [1.29, 1.82) is 0 Å². The van der Waals surface area contributed by atoms with Crippen LogP contribution in [0, 0.1) is 12.8 Å². The number of nitrogens with one attached hydrogen (secondary N) is 1.